The number of ether oxygens (including phenoxy) is 1. The normalized spacial score (nSPS) is 15.4. The van der Waals surface area contributed by atoms with Gasteiger partial charge in [-0.3, -0.25) is 0 Å². The number of anilines is 7. The second kappa shape index (κ2) is 22.1. The zero-order valence-electron chi connectivity index (χ0n) is 59.3. The van der Waals surface area contributed by atoms with Crippen molar-refractivity contribution in [1.29, 1.82) is 0 Å². The molecule has 13 rings (SSSR count). The van der Waals surface area contributed by atoms with Gasteiger partial charge in [0, 0.05) is 75.4 Å². The SMILES string of the molecule is [2H]c1c([2H])c([2H])c(-c2cccc(-c3cc(C(C)(C)C)cc(C(C)(C)C)c3)c2N2[CH-]N(c3[c-]c(Oc4[c-]c5c(cc4)[Si]4(c6ccc(C(C)(C)C)cc6-c6cc(C(C)(C)C)ccc64)c4ccccc4N5c4cc(C([2H])([2H])C(C)C)ccn4)ccc3)c3ccccc32)c([2H])c1[2H].[Pt]. The van der Waals surface area contributed by atoms with Crippen molar-refractivity contribution in [2.24, 2.45) is 5.92 Å². The number of aromatic nitrogens is 1. The topological polar surface area (TPSA) is 31.8 Å². The standard InChI is InChI=1S/C80H79N4OSi.Pt/c1-52(2)42-53-40-41-81-75(43-53)84-69-32-20-21-33-73(69)86(71-37-34-56(77(3,4)5)47-65(71)66-48-57(78(6,7)8)35-38-72(66)86)74-39-36-62(50-70(74)84)85-61-27-22-26-60(49-61)82-51-83(68-31-19-18-30-67(68)82)76-63(54-24-16-15-17-25-54)28-23-29-64(76)55-44-58(79(9,10)11)46-59(45-55)80(12,13)14;/h15-41,43-48,51-52H,42H2,1-14H3;/q-3;/i15D,16D,17D,24D,25D,42D2;. The average molecular weight is 1340 g/mol. The van der Waals surface area contributed by atoms with E-state index in [1.165, 1.54) is 37.8 Å². The van der Waals surface area contributed by atoms with Crippen molar-refractivity contribution in [1.82, 2.24) is 4.98 Å². The van der Waals surface area contributed by atoms with E-state index in [-0.39, 0.29) is 66.3 Å². The molecule has 10 aromatic rings. The van der Waals surface area contributed by atoms with E-state index in [0.29, 0.717) is 39.8 Å². The Bertz CT molecular complexity index is 4570. The summed E-state index contributed by atoms with van der Waals surface area (Å²) >= 11 is 0. The molecular weight excluding hydrogens is 1260 g/mol. The van der Waals surface area contributed by atoms with Crippen molar-refractivity contribution in [2.75, 3.05) is 14.7 Å². The first-order chi connectivity index (χ1) is 43.8. The second-order valence-corrected chi connectivity index (χ2v) is 31.4. The van der Waals surface area contributed by atoms with Gasteiger partial charge in [0.15, 0.2) is 0 Å². The van der Waals surface area contributed by atoms with Crippen LogP contribution in [-0.2, 0) is 49.1 Å². The van der Waals surface area contributed by atoms with Gasteiger partial charge in [-0.15, -0.1) is 47.9 Å². The van der Waals surface area contributed by atoms with Gasteiger partial charge in [0.1, 0.15) is 13.9 Å². The van der Waals surface area contributed by atoms with E-state index in [0.717, 1.165) is 50.2 Å². The molecule has 3 aliphatic heterocycles. The van der Waals surface area contributed by atoms with Crippen LogP contribution >= 0.6 is 0 Å². The van der Waals surface area contributed by atoms with E-state index in [4.69, 9.17) is 13.8 Å². The third kappa shape index (κ3) is 10.6. The summed E-state index contributed by atoms with van der Waals surface area (Å²) in [6.45, 7) is 32.7. The number of rotatable bonds is 9. The minimum Gasteiger partial charge on any atom is -0.509 e. The molecule has 0 radical (unpaired) electrons. The van der Waals surface area contributed by atoms with E-state index >= 15 is 0 Å². The van der Waals surface area contributed by atoms with Gasteiger partial charge in [-0.25, -0.2) is 4.98 Å². The Kier molecular flexibility index (Phi) is 13.0. The zero-order chi connectivity index (χ0) is 66.4. The summed E-state index contributed by atoms with van der Waals surface area (Å²) in [6, 6.07) is 63.1. The molecule has 5 nitrogen and oxygen atoms in total. The van der Waals surface area contributed by atoms with Gasteiger partial charge >= 0.3 is 0 Å². The number of hydrogen-bond acceptors (Lipinski definition) is 5. The van der Waals surface area contributed by atoms with Crippen molar-refractivity contribution in [3.8, 4) is 44.9 Å². The monoisotopic (exact) mass is 1340 g/mol. The number of para-hydroxylation sites is 4. The van der Waals surface area contributed by atoms with Gasteiger partial charge < -0.3 is 19.4 Å². The largest absolute Gasteiger partial charge is 0.509 e. The van der Waals surface area contributed by atoms with Crippen molar-refractivity contribution in [3.63, 3.8) is 0 Å². The van der Waals surface area contributed by atoms with Crippen LogP contribution in [0.1, 0.15) is 134 Å². The van der Waals surface area contributed by atoms with Crippen LogP contribution in [0.3, 0.4) is 0 Å². The van der Waals surface area contributed by atoms with Gasteiger partial charge in [-0.2, -0.15) is 12.1 Å². The number of nitrogens with zero attached hydrogens (tertiary/aromatic N) is 4. The summed E-state index contributed by atoms with van der Waals surface area (Å²) in [5, 5.41) is 4.93. The van der Waals surface area contributed by atoms with Crippen LogP contribution in [-0.4, -0.2) is 13.1 Å². The fourth-order valence-corrected chi connectivity index (χ4v) is 18.2. The zero-order valence-corrected chi connectivity index (χ0v) is 55.6. The molecule has 4 heterocycles. The quantitative estimate of drug-likeness (QED) is 0.106. The minimum absolute atomic E-state index is 0. The van der Waals surface area contributed by atoms with Crippen molar-refractivity contribution in [3.05, 3.63) is 247 Å². The first kappa shape index (κ1) is 51.3. The van der Waals surface area contributed by atoms with Crippen LogP contribution in [0.4, 0.5) is 39.9 Å². The van der Waals surface area contributed by atoms with Gasteiger partial charge in [0.05, 0.1) is 6.85 Å². The van der Waals surface area contributed by atoms with E-state index in [1.54, 1.807) is 12.3 Å². The Balaban J connectivity index is 0.00000848. The number of fused-ring (bicyclic) bond motifs is 10. The minimum atomic E-state index is -3.21. The molecule has 0 fully saturated rings. The fourth-order valence-electron chi connectivity index (χ4n) is 12.8. The molecule has 0 aliphatic carbocycles. The number of benzene rings is 9. The molecule has 0 unspecified atom stereocenters. The molecule has 1 spiro atoms. The first-order valence-electron chi connectivity index (χ1n) is 33.6. The van der Waals surface area contributed by atoms with Crippen molar-refractivity contribution < 1.29 is 35.4 Å². The number of pyridine rings is 1. The van der Waals surface area contributed by atoms with Crippen LogP contribution in [0, 0.1) is 24.7 Å². The van der Waals surface area contributed by atoms with Crippen LogP contribution in [0.15, 0.2) is 200 Å². The van der Waals surface area contributed by atoms with Gasteiger partial charge in [-0.1, -0.05) is 236 Å². The third-order valence-corrected chi connectivity index (χ3v) is 22.2. The Morgan fingerprint density at radius 1 is 0.517 bits per heavy atom. The third-order valence-electron chi connectivity index (χ3n) is 17.3. The summed E-state index contributed by atoms with van der Waals surface area (Å²) in [4.78, 5) is 11.4. The second-order valence-electron chi connectivity index (χ2n) is 27.8. The molecule has 0 amide bonds. The summed E-state index contributed by atoms with van der Waals surface area (Å²) in [6.07, 6.45) is 0.0732. The van der Waals surface area contributed by atoms with Crippen LogP contribution in [0.5, 0.6) is 11.5 Å². The molecule has 0 bridgehead atoms. The number of hydrogen-bond donors (Lipinski definition) is 0. The summed E-state index contributed by atoms with van der Waals surface area (Å²) in [7, 11) is -3.21. The molecule has 87 heavy (non-hydrogen) atoms. The molecule has 0 N–H and O–H groups in total. The molecular formula is C80H79N4OPtSi-3. The summed E-state index contributed by atoms with van der Waals surface area (Å²) < 4.78 is 70.7. The maximum Gasteiger partial charge on any atom is 0.135 e. The van der Waals surface area contributed by atoms with Crippen LogP contribution in [0.25, 0.3) is 33.4 Å². The molecule has 1 aromatic heterocycles. The van der Waals surface area contributed by atoms with Crippen molar-refractivity contribution >= 4 is 68.8 Å². The Morgan fingerprint density at radius 3 is 1.68 bits per heavy atom. The predicted molar refractivity (Wildman–Crippen MR) is 365 cm³/mol. The van der Waals surface area contributed by atoms with E-state index < -0.39 is 32.6 Å². The molecule has 0 saturated carbocycles. The van der Waals surface area contributed by atoms with Crippen molar-refractivity contribution in [2.45, 2.75) is 125 Å². The molecule has 3 aliphatic rings. The van der Waals surface area contributed by atoms with Gasteiger partial charge in [-0.05, 0) is 130 Å². The fraction of sp³-hybridized carbons (Fsp3) is 0.250. The Labute approximate surface area is 543 Å². The smallest absolute Gasteiger partial charge is 0.135 e. The maximum atomic E-state index is 9.37. The Hall–Kier alpha value is -7.76. The molecule has 9 aromatic carbocycles. The maximum absolute atomic E-state index is 9.37. The first-order valence-corrected chi connectivity index (χ1v) is 32.1. The van der Waals surface area contributed by atoms with Gasteiger partial charge in [0.2, 0.25) is 0 Å². The van der Waals surface area contributed by atoms with Crippen LogP contribution < -0.4 is 40.2 Å². The molecule has 7 heteroatoms. The van der Waals surface area contributed by atoms with E-state index in [1.807, 2.05) is 87.2 Å². The van der Waals surface area contributed by atoms with E-state index in [2.05, 4.69) is 201 Å². The average Bonchev–Trinajstić information content (AvgIpc) is 1.45. The van der Waals surface area contributed by atoms with Gasteiger partial charge in [0.25, 0.3) is 0 Å². The molecule has 0 atom stereocenters. The van der Waals surface area contributed by atoms with Crippen LogP contribution in [0.2, 0.25) is 0 Å². The predicted octanol–water partition coefficient (Wildman–Crippen LogP) is 18.7. The molecule has 442 valence electrons. The molecule has 0 saturated heterocycles. The Morgan fingerprint density at radius 2 is 1.07 bits per heavy atom. The summed E-state index contributed by atoms with van der Waals surface area (Å²) in [5.41, 5.74) is 14.3. The summed E-state index contributed by atoms with van der Waals surface area (Å²) in [5.74, 6) is 1.15. The van der Waals surface area contributed by atoms with E-state index in [9.17, 15) is 5.48 Å².